The molecule has 188 valence electrons. The first kappa shape index (κ1) is 23.2. The van der Waals surface area contributed by atoms with Crippen molar-refractivity contribution in [2.24, 2.45) is 0 Å². The summed E-state index contributed by atoms with van der Waals surface area (Å²) in [7, 11) is 1.61. The van der Waals surface area contributed by atoms with Gasteiger partial charge in [0.15, 0.2) is 0 Å². The molecule has 1 saturated carbocycles. The van der Waals surface area contributed by atoms with Crippen LogP contribution in [0.3, 0.4) is 0 Å². The number of methoxy groups -OCH3 is 1. The fourth-order valence-electron chi connectivity index (χ4n) is 5.20. The van der Waals surface area contributed by atoms with Gasteiger partial charge in [-0.15, -0.1) is 0 Å². The number of hydrogen-bond donors (Lipinski definition) is 1. The van der Waals surface area contributed by atoms with E-state index in [1.165, 1.54) is 12.1 Å². The number of likely N-dealkylation sites (tertiary alicyclic amines) is 1. The van der Waals surface area contributed by atoms with E-state index in [0.29, 0.717) is 42.2 Å². The summed E-state index contributed by atoms with van der Waals surface area (Å²) in [5.41, 5.74) is 9.11. The molecule has 0 unspecified atom stereocenters. The van der Waals surface area contributed by atoms with Crippen molar-refractivity contribution in [3.63, 3.8) is 0 Å². The van der Waals surface area contributed by atoms with Gasteiger partial charge in [-0.25, -0.2) is 14.4 Å². The number of nitrogens with zero attached hydrogens (tertiary/aromatic N) is 6. The van der Waals surface area contributed by atoms with E-state index in [0.717, 1.165) is 23.9 Å². The van der Waals surface area contributed by atoms with Gasteiger partial charge in [0.05, 0.1) is 52.5 Å². The first-order valence-corrected chi connectivity index (χ1v) is 12.2. The Hall–Kier alpha value is -4.23. The lowest BCUT2D eigenvalue weighted by Gasteiger charge is -2.22. The first-order chi connectivity index (χ1) is 18.0. The average molecular weight is 500 g/mol. The highest BCUT2D eigenvalue weighted by Crippen LogP contribution is 2.37. The molecular formula is C27H26FN7O2. The fourth-order valence-corrected chi connectivity index (χ4v) is 5.20. The van der Waals surface area contributed by atoms with E-state index in [1.54, 1.807) is 30.6 Å². The molecule has 9 nitrogen and oxygen atoms in total. The van der Waals surface area contributed by atoms with E-state index < -0.39 is 5.82 Å². The second kappa shape index (κ2) is 9.01. The molecular weight excluding hydrogens is 473 g/mol. The molecule has 6 rings (SSSR count). The van der Waals surface area contributed by atoms with Crippen molar-refractivity contribution >= 4 is 33.7 Å². The third-order valence-corrected chi connectivity index (χ3v) is 7.12. The van der Waals surface area contributed by atoms with E-state index in [2.05, 4.69) is 28.4 Å². The predicted octanol–water partition coefficient (Wildman–Crippen LogP) is 3.21. The van der Waals surface area contributed by atoms with Crippen LogP contribution in [0.1, 0.15) is 42.6 Å². The number of nitrogens with two attached hydrogens (primary N) is 1. The number of imidazole rings is 1. The Bertz CT molecular complexity index is 1610. The van der Waals surface area contributed by atoms with Crippen molar-refractivity contribution in [2.75, 3.05) is 26.0 Å². The largest absolute Gasteiger partial charge is 0.383 e. The molecule has 0 radical (unpaired) electrons. The highest BCUT2D eigenvalue weighted by molar-refractivity contribution is 5.93. The smallest absolute Gasteiger partial charge is 0.246 e. The first-order valence-electron chi connectivity index (χ1n) is 12.2. The number of fused-ring (bicyclic) bond motifs is 2. The van der Waals surface area contributed by atoms with Gasteiger partial charge in [-0.3, -0.25) is 9.48 Å². The molecule has 1 aliphatic heterocycles. The molecule has 37 heavy (non-hydrogen) atoms. The highest BCUT2D eigenvalue weighted by Gasteiger charge is 2.36. The molecule has 1 saturated heterocycles. The molecule has 4 aromatic rings. The summed E-state index contributed by atoms with van der Waals surface area (Å²) in [6.07, 6.45) is 7.52. The number of amides is 1. The maximum atomic E-state index is 15.0. The number of aromatic nitrogens is 5. The molecule has 2 N–H and O–H groups in total. The van der Waals surface area contributed by atoms with Gasteiger partial charge in [0.1, 0.15) is 17.3 Å². The Morgan fingerprint density at radius 2 is 2.11 bits per heavy atom. The summed E-state index contributed by atoms with van der Waals surface area (Å²) < 4.78 is 24.2. The third-order valence-electron chi connectivity index (χ3n) is 7.12. The summed E-state index contributed by atoms with van der Waals surface area (Å²) in [4.78, 5) is 22.9. The number of carbonyl (C=O) groups is 1. The van der Waals surface area contributed by atoms with Crippen LogP contribution in [0.2, 0.25) is 0 Å². The number of halogens is 1. The lowest BCUT2D eigenvalue weighted by atomic mass is 10.1. The molecule has 2 atom stereocenters. The molecule has 2 aliphatic rings. The van der Waals surface area contributed by atoms with Gasteiger partial charge in [-0.1, -0.05) is 12.5 Å². The van der Waals surface area contributed by atoms with Crippen LogP contribution < -0.4 is 5.73 Å². The zero-order valence-electron chi connectivity index (χ0n) is 20.4. The second-order valence-corrected chi connectivity index (χ2v) is 9.53. The van der Waals surface area contributed by atoms with E-state index in [9.17, 15) is 4.79 Å². The maximum absolute atomic E-state index is 15.0. The summed E-state index contributed by atoms with van der Waals surface area (Å²) >= 11 is 0. The maximum Gasteiger partial charge on any atom is 0.246 e. The number of ether oxygens (including phenoxy) is 1. The van der Waals surface area contributed by atoms with Crippen LogP contribution in [0.4, 0.5) is 10.2 Å². The van der Waals surface area contributed by atoms with E-state index in [1.807, 2.05) is 15.3 Å². The molecule has 0 bridgehead atoms. The normalized spacial score (nSPS) is 19.4. The Balaban J connectivity index is 1.39. The number of hydrogen-bond acceptors (Lipinski definition) is 6. The SMILES string of the molecule is C=CC(=O)N1C[C@@H](n2nc(C#Cc3cc4ncn(C5CC5)c4cc3F)c3c(N)nccc32)C[C@@H]1COC. The second-order valence-electron chi connectivity index (χ2n) is 9.53. The van der Waals surface area contributed by atoms with E-state index >= 15 is 4.39 Å². The van der Waals surface area contributed by atoms with Crippen LogP contribution in [-0.2, 0) is 9.53 Å². The monoisotopic (exact) mass is 499 g/mol. The number of anilines is 1. The molecule has 0 spiro atoms. The van der Waals surface area contributed by atoms with Crippen LogP contribution in [0, 0.1) is 17.7 Å². The zero-order valence-corrected chi connectivity index (χ0v) is 20.4. The molecule has 1 aromatic carbocycles. The quantitative estimate of drug-likeness (QED) is 0.334. The Morgan fingerprint density at radius 3 is 2.86 bits per heavy atom. The summed E-state index contributed by atoms with van der Waals surface area (Å²) in [6.45, 7) is 4.47. The van der Waals surface area contributed by atoms with E-state index in [-0.39, 0.29) is 29.4 Å². The molecule has 1 aliphatic carbocycles. The number of carbonyl (C=O) groups excluding carboxylic acids is 1. The lowest BCUT2D eigenvalue weighted by Crippen LogP contribution is -2.37. The molecule has 10 heteroatoms. The van der Waals surface area contributed by atoms with E-state index in [4.69, 9.17) is 15.6 Å². The minimum atomic E-state index is -0.408. The van der Waals surface area contributed by atoms with Crippen molar-refractivity contribution in [3.8, 4) is 11.8 Å². The van der Waals surface area contributed by atoms with Gasteiger partial charge in [0, 0.05) is 32.0 Å². The number of nitrogen functional groups attached to an aromatic ring is 1. The summed E-state index contributed by atoms with van der Waals surface area (Å²) in [5, 5.41) is 5.37. The van der Waals surface area contributed by atoms with Crippen molar-refractivity contribution < 1.29 is 13.9 Å². The number of rotatable bonds is 5. The molecule has 2 fully saturated rings. The van der Waals surface area contributed by atoms with Crippen LogP contribution in [0.15, 0.2) is 43.4 Å². The van der Waals surface area contributed by atoms with Gasteiger partial charge in [-0.2, -0.15) is 5.10 Å². The highest BCUT2D eigenvalue weighted by atomic mass is 19.1. The minimum Gasteiger partial charge on any atom is -0.383 e. The van der Waals surface area contributed by atoms with Crippen molar-refractivity contribution in [3.05, 3.63) is 60.5 Å². The average Bonchev–Trinajstić information content (AvgIpc) is 3.35. The van der Waals surface area contributed by atoms with Crippen LogP contribution >= 0.6 is 0 Å². The predicted molar refractivity (Wildman–Crippen MR) is 137 cm³/mol. The molecule has 1 amide bonds. The van der Waals surface area contributed by atoms with Crippen molar-refractivity contribution in [1.29, 1.82) is 0 Å². The summed E-state index contributed by atoms with van der Waals surface area (Å²) in [5.74, 6) is 5.68. The van der Waals surface area contributed by atoms with Crippen molar-refractivity contribution in [2.45, 2.75) is 37.4 Å². The Kier molecular flexibility index (Phi) is 5.65. The van der Waals surface area contributed by atoms with Crippen molar-refractivity contribution in [1.82, 2.24) is 29.2 Å². The van der Waals surface area contributed by atoms with Crippen LogP contribution in [0.5, 0.6) is 0 Å². The molecule has 4 heterocycles. The van der Waals surface area contributed by atoms with Crippen LogP contribution in [0.25, 0.3) is 21.9 Å². The van der Waals surface area contributed by atoms with Gasteiger partial charge in [0.25, 0.3) is 0 Å². The Labute approximate surface area is 212 Å². The third kappa shape index (κ3) is 4.01. The van der Waals surface area contributed by atoms with Gasteiger partial charge in [0.2, 0.25) is 5.91 Å². The molecule has 3 aromatic heterocycles. The zero-order chi connectivity index (χ0) is 25.7. The van der Waals surface area contributed by atoms with Gasteiger partial charge < -0.3 is 19.9 Å². The Morgan fingerprint density at radius 1 is 1.27 bits per heavy atom. The van der Waals surface area contributed by atoms with Gasteiger partial charge in [-0.05, 0) is 43.4 Å². The fraction of sp³-hybridized carbons (Fsp3) is 0.333. The minimum absolute atomic E-state index is 0.107. The number of benzene rings is 1. The number of pyridine rings is 1. The standard InChI is InChI=1S/C27H26FN7O2/c1-3-25(36)33-13-18(11-19(33)14-37-2)35-23-8-9-30-27(29)26(23)21(32-35)7-4-16-10-22-24(12-20(16)28)34(15-31-22)17-5-6-17/h3,8-10,12,15,17-19H,1,5-6,11,13-14H2,2H3,(H2,29,30)/t18-,19+/m0/s1. The topological polar surface area (TPSA) is 104 Å². The van der Waals surface area contributed by atoms with Gasteiger partial charge >= 0.3 is 0 Å². The summed E-state index contributed by atoms with van der Waals surface area (Å²) in [6, 6.07) is 5.17. The van der Waals surface area contributed by atoms with Crippen LogP contribution in [-0.4, -0.2) is 61.4 Å². The lowest BCUT2D eigenvalue weighted by molar-refractivity contribution is -0.127.